The molecule has 2 nitrogen and oxygen atoms in total. The number of rotatable bonds is 4. The Bertz CT molecular complexity index is 323. The molecule has 0 saturated carbocycles. The van der Waals surface area contributed by atoms with Crippen LogP contribution in [0.25, 0.3) is 6.08 Å². The molecular formula is C12H14O2. The van der Waals surface area contributed by atoms with Gasteiger partial charge in [0.1, 0.15) is 5.75 Å². The van der Waals surface area contributed by atoms with Crippen LogP contribution >= 0.6 is 0 Å². The number of benzene rings is 1. The number of allylic oxidation sites excluding steroid dienone is 1. The number of carbonyl (C=O) groups is 1. The number of methoxy groups -OCH3 is 1. The van der Waals surface area contributed by atoms with Crippen LogP contribution in [0.4, 0.5) is 0 Å². The Morgan fingerprint density at radius 3 is 2.50 bits per heavy atom. The molecule has 0 N–H and O–H groups in total. The van der Waals surface area contributed by atoms with Gasteiger partial charge in [-0.05, 0) is 23.8 Å². The second-order valence-electron chi connectivity index (χ2n) is 2.93. The predicted octanol–water partition coefficient (Wildman–Crippen LogP) is 2.69. The number of hydrogen-bond donors (Lipinski definition) is 0. The average molecular weight is 190 g/mol. The molecule has 0 radical (unpaired) electrons. The van der Waals surface area contributed by atoms with Gasteiger partial charge in [0, 0.05) is 6.42 Å². The molecule has 74 valence electrons. The molecule has 2 heteroatoms. The molecule has 14 heavy (non-hydrogen) atoms. The van der Waals surface area contributed by atoms with Crippen molar-refractivity contribution >= 4 is 11.9 Å². The zero-order chi connectivity index (χ0) is 10.4. The van der Waals surface area contributed by atoms with E-state index in [0.29, 0.717) is 6.42 Å². The molecule has 0 spiro atoms. The second-order valence-corrected chi connectivity index (χ2v) is 2.93. The third kappa shape index (κ3) is 3.05. The molecular weight excluding hydrogens is 176 g/mol. The van der Waals surface area contributed by atoms with E-state index in [2.05, 4.69) is 0 Å². The van der Waals surface area contributed by atoms with Gasteiger partial charge >= 0.3 is 0 Å². The van der Waals surface area contributed by atoms with Gasteiger partial charge in [0.05, 0.1) is 7.11 Å². The zero-order valence-electron chi connectivity index (χ0n) is 8.49. The van der Waals surface area contributed by atoms with Crippen molar-refractivity contribution < 1.29 is 9.53 Å². The Labute approximate surface area is 84.2 Å². The van der Waals surface area contributed by atoms with Crippen molar-refractivity contribution in [3.8, 4) is 5.75 Å². The van der Waals surface area contributed by atoms with E-state index >= 15 is 0 Å². The molecule has 0 aliphatic heterocycles. The van der Waals surface area contributed by atoms with E-state index in [1.54, 1.807) is 13.2 Å². The Balaban J connectivity index is 2.68. The summed E-state index contributed by atoms with van der Waals surface area (Å²) in [7, 11) is 1.63. The van der Waals surface area contributed by atoms with Crippen LogP contribution in [0.2, 0.25) is 0 Å². The van der Waals surface area contributed by atoms with Crippen LogP contribution in [0.15, 0.2) is 30.3 Å². The van der Waals surface area contributed by atoms with Gasteiger partial charge in [-0.3, -0.25) is 4.79 Å². The van der Waals surface area contributed by atoms with Gasteiger partial charge in [-0.1, -0.05) is 25.1 Å². The van der Waals surface area contributed by atoms with Gasteiger partial charge in [-0.25, -0.2) is 0 Å². The molecule has 0 fully saturated rings. The van der Waals surface area contributed by atoms with Crippen LogP contribution in [-0.4, -0.2) is 12.9 Å². The monoisotopic (exact) mass is 190 g/mol. The van der Waals surface area contributed by atoms with Crippen molar-refractivity contribution in [2.75, 3.05) is 7.11 Å². The number of ketones is 1. The Morgan fingerprint density at radius 2 is 2.00 bits per heavy atom. The summed E-state index contributed by atoms with van der Waals surface area (Å²) in [5, 5.41) is 0. The molecule has 0 aromatic heterocycles. The molecule has 1 aromatic rings. The molecule has 0 atom stereocenters. The highest BCUT2D eigenvalue weighted by Gasteiger charge is 1.92. The number of hydrogen-bond acceptors (Lipinski definition) is 2. The highest BCUT2D eigenvalue weighted by Crippen LogP contribution is 2.12. The van der Waals surface area contributed by atoms with Crippen LogP contribution in [0, 0.1) is 0 Å². The van der Waals surface area contributed by atoms with Crippen LogP contribution < -0.4 is 4.74 Å². The first-order chi connectivity index (χ1) is 6.76. The minimum Gasteiger partial charge on any atom is -0.497 e. The summed E-state index contributed by atoms with van der Waals surface area (Å²) in [5.41, 5.74) is 1.01. The topological polar surface area (TPSA) is 26.3 Å². The maximum atomic E-state index is 11.0. The van der Waals surface area contributed by atoms with Crippen LogP contribution in [0.3, 0.4) is 0 Å². The van der Waals surface area contributed by atoms with Crippen molar-refractivity contribution in [3.63, 3.8) is 0 Å². The third-order valence-corrected chi connectivity index (χ3v) is 1.93. The highest BCUT2D eigenvalue weighted by atomic mass is 16.5. The van der Waals surface area contributed by atoms with Gasteiger partial charge in [-0.15, -0.1) is 0 Å². The molecule has 0 aliphatic carbocycles. The summed E-state index contributed by atoms with van der Waals surface area (Å²) in [5.74, 6) is 0.963. The summed E-state index contributed by atoms with van der Waals surface area (Å²) in [4.78, 5) is 11.0. The average Bonchev–Trinajstić information content (AvgIpc) is 2.26. The molecule has 1 rings (SSSR count). The summed E-state index contributed by atoms with van der Waals surface area (Å²) in [6.45, 7) is 1.85. The minimum atomic E-state index is 0.140. The number of carbonyl (C=O) groups excluding carboxylic acids is 1. The Hall–Kier alpha value is -1.57. The van der Waals surface area contributed by atoms with Gasteiger partial charge in [0.15, 0.2) is 5.78 Å². The fourth-order valence-corrected chi connectivity index (χ4v) is 1.02. The molecule has 0 saturated heterocycles. The lowest BCUT2D eigenvalue weighted by Crippen LogP contribution is -1.87. The normalized spacial score (nSPS) is 10.4. The first-order valence-electron chi connectivity index (χ1n) is 4.61. The maximum Gasteiger partial charge on any atom is 0.155 e. The predicted molar refractivity (Wildman–Crippen MR) is 57.3 cm³/mol. The van der Waals surface area contributed by atoms with E-state index < -0.39 is 0 Å². The standard InChI is InChI=1S/C12H14O2/c1-3-11(13)7-4-10-5-8-12(14-2)9-6-10/h4-9H,3H2,1-2H3/b7-4-. The maximum absolute atomic E-state index is 11.0. The van der Waals surface area contributed by atoms with Crippen molar-refractivity contribution in [3.05, 3.63) is 35.9 Å². The van der Waals surface area contributed by atoms with Gasteiger partial charge < -0.3 is 4.74 Å². The summed E-state index contributed by atoms with van der Waals surface area (Å²) >= 11 is 0. The van der Waals surface area contributed by atoms with Crippen LogP contribution in [0.1, 0.15) is 18.9 Å². The first-order valence-corrected chi connectivity index (χ1v) is 4.61. The second kappa shape index (κ2) is 5.22. The van der Waals surface area contributed by atoms with Gasteiger partial charge in [0.25, 0.3) is 0 Å². The minimum absolute atomic E-state index is 0.140. The third-order valence-electron chi connectivity index (χ3n) is 1.93. The van der Waals surface area contributed by atoms with Crippen molar-refractivity contribution in [2.45, 2.75) is 13.3 Å². The van der Waals surface area contributed by atoms with E-state index in [-0.39, 0.29) is 5.78 Å². The molecule has 0 amide bonds. The van der Waals surface area contributed by atoms with E-state index in [4.69, 9.17) is 4.74 Å². The zero-order valence-corrected chi connectivity index (χ0v) is 8.49. The largest absolute Gasteiger partial charge is 0.497 e. The quantitative estimate of drug-likeness (QED) is 0.682. The molecule has 0 heterocycles. The Morgan fingerprint density at radius 1 is 1.36 bits per heavy atom. The lowest BCUT2D eigenvalue weighted by Gasteiger charge is -1.98. The molecule has 1 aromatic carbocycles. The fourth-order valence-electron chi connectivity index (χ4n) is 1.02. The Kier molecular flexibility index (Phi) is 3.92. The van der Waals surface area contributed by atoms with Crippen LogP contribution in [-0.2, 0) is 4.79 Å². The SMILES string of the molecule is CCC(=O)/C=C\c1ccc(OC)cc1. The fraction of sp³-hybridized carbons (Fsp3) is 0.250. The summed E-state index contributed by atoms with van der Waals surface area (Å²) in [6, 6.07) is 7.57. The lowest BCUT2D eigenvalue weighted by molar-refractivity contribution is -0.114. The van der Waals surface area contributed by atoms with Gasteiger partial charge in [-0.2, -0.15) is 0 Å². The van der Waals surface area contributed by atoms with Crippen LogP contribution in [0.5, 0.6) is 5.75 Å². The smallest absolute Gasteiger partial charge is 0.155 e. The van der Waals surface area contributed by atoms with E-state index in [1.807, 2.05) is 37.3 Å². The number of ether oxygens (including phenoxy) is 1. The molecule has 0 unspecified atom stereocenters. The van der Waals surface area contributed by atoms with Crippen molar-refractivity contribution in [2.24, 2.45) is 0 Å². The first kappa shape index (κ1) is 10.5. The lowest BCUT2D eigenvalue weighted by atomic mass is 10.2. The van der Waals surface area contributed by atoms with Gasteiger partial charge in [0.2, 0.25) is 0 Å². The summed E-state index contributed by atoms with van der Waals surface area (Å²) < 4.78 is 5.02. The highest BCUT2D eigenvalue weighted by molar-refractivity contribution is 5.93. The van der Waals surface area contributed by atoms with E-state index in [9.17, 15) is 4.79 Å². The van der Waals surface area contributed by atoms with Crippen molar-refractivity contribution in [1.29, 1.82) is 0 Å². The summed E-state index contributed by atoms with van der Waals surface area (Å²) in [6.07, 6.45) is 3.96. The molecule has 0 bridgehead atoms. The molecule has 0 aliphatic rings. The van der Waals surface area contributed by atoms with E-state index in [1.165, 1.54) is 0 Å². The van der Waals surface area contributed by atoms with Crippen molar-refractivity contribution in [1.82, 2.24) is 0 Å². The van der Waals surface area contributed by atoms with E-state index in [0.717, 1.165) is 11.3 Å².